The summed E-state index contributed by atoms with van der Waals surface area (Å²) in [7, 11) is 0. The number of benzene rings is 1. The summed E-state index contributed by atoms with van der Waals surface area (Å²) in [5, 5.41) is 3.66. The van der Waals surface area contributed by atoms with Crippen LogP contribution in [0, 0.1) is 5.92 Å². The van der Waals surface area contributed by atoms with Crippen molar-refractivity contribution in [2.24, 2.45) is 5.92 Å². The summed E-state index contributed by atoms with van der Waals surface area (Å²) in [5.74, 6) is 0.688. The molecule has 3 heteroatoms. The van der Waals surface area contributed by atoms with Gasteiger partial charge in [-0.3, -0.25) is 4.90 Å². The Hall–Kier alpha value is -0.900. The third-order valence-corrected chi connectivity index (χ3v) is 4.21. The number of nitrogens with zero attached hydrogens (tertiary/aromatic N) is 1. The molecule has 0 spiro atoms. The van der Waals surface area contributed by atoms with Gasteiger partial charge in [0.25, 0.3) is 0 Å². The van der Waals surface area contributed by atoms with Crippen LogP contribution in [-0.4, -0.2) is 50.8 Å². The highest BCUT2D eigenvalue weighted by molar-refractivity contribution is 5.25. The molecular formula is C18H30N2O. The van der Waals surface area contributed by atoms with Crippen molar-refractivity contribution in [3.8, 4) is 0 Å². The number of hydrogen-bond acceptors (Lipinski definition) is 3. The summed E-state index contributed by atoms with van der Waals surface area (Å²) < 4.78 is 5.48. The van der Waals surface area contributed by atoms with Crippen LogP contribution in [0.2, 0.25) is 0 Å². The lowest BCUT2D eigenvalue weighted by Gasteiger charge is -2.38. The van der Waals surface area contributed by atoms with Crippen LogP contribution >= 0.6 is 0 Å². The molecule has 1 N–H and O–H groups in total. The van der Waals surface area contributed by atoms with E-state index in [1.54, 1.807) is 0 Å². The molecule has 1 fully saturated rings. The lowest BCUT2D eigenvalue weighted by molar-refractivity contribution is 0.0280. The van der Waals surface area contributed by atoms with Crippen molar-refractivity contribution in [2.45, 2.75) is 26.2 Å². The van der Waals surface area contributed by atoms with Crippen molar-refractivity contribution in [3.63, 3.8) is 0 Å². The molecular weight excluding hydrogens is 260 g/mol. The van der Waals surface area contributed by atoms with Crippen molar-refractivity contribution in [3.05, 3.63) is 35.9 Å². The maximum atomic E-state index is 5.48. The lowest BCUT2D eigenvalue weighted by atomic mass is 9.81. The molecule has 1 saturated heterocycles. The predicted octanol–water partition coefficient (Wildman–Crippen LogP) is 2.52. The third-order valence-electron chi connectivity index (χ3n) is 4.21. The monoisotopic (exact) mass is 290 g/mol. The van der Waals surface area contributed by atoms with Crippen molar-refractivity contribution in [2.75, 3.05) is 45.9 Å². The largest absolute Gasteiger partial charge is 0.379 e. The van der Waals surface area contributed by atoms with Crippen LogP contribution in [0.3, 0.4) is 0 Å². The Kier molecular flexibility index (Phi) is 6.22. The second-order valence-electron chi connectivity index (χ2n) is 6.84. The van der Waals surface area contributed by atoms with Gasteiger partial charge in [0.15, 0.2) is 0 Å². The van der Waals surface area contributed by atoms with Crippen molar-refractivity contribution < 1.29 is 4.74 Å². The van der Waals surface area contributed by atoms with Gasteiger partial charge < -0.3 is 10.1 Å². The molecule has 0 amide bonds. The molecule has 1 unspecified atom stereocenters. The van der Waals surface area contributed by atoms with Gasteiger partial charge in [0, 0.05) is 31.6 Å². The van der Waals surface area contributed by atoms with Crippen molar-refractivity contribution in [1.82, 2.24) is 10.2 Å². The van der Waals surface area contributed by atoms with E-state index >= 15 is 0 Å². The highest BCUT2D eigenvalue weighted by Gasteiger charge is 2.29. The Morgan fingerprint density at radius 2 is 1.86 bits per heavy atom. The van der Waals surface area contributed by atoms with Crippen LogP contribution in [-0.2, 0) is 10.2 Å². The molecule has 1 aromatic rings. The smallest absolute Gasteiger partial charge is 0.0594 e. The summed E-state index contributed by atoms with van der Waals surface area (Å²) >= 11 is 0. The van der Waals surface area contributed by atoms with Gasteiger partial charge in [0.2, 0.25) is 0 Å². The molecule has 1 atom stereocenters. The number of morpholine rings is 1. The second-order valence-corrected chi connectivity index (χ2v) is 6.84. The quantitative estimate of drug-likeness (QED) is 0.835. The first-order valence-corrected chi connectivity index (χ1v) is 8.16. The van der Waals surface area contributed by atoms with Gasteiger partial charge in [-0.1, -0.05) is 51.1 Å². The minimum Gasteiger partial charge on any atom is -0.379 e. The van der Waals surface area contributed by atoms with E-state index in [2.05, 4.69) is 61.3 Å². The topological polar surface area (TPSA) is 24.5 Å². The fourth-order valence-electron chi connectivity index (χ4n) is 2.98. The van der Waals surface area contributed by atoms with Crippen LogP contribution in [0.25, 0.3) is 0 Å². The Morgan fingerprint density at radius 3 is 2.48 bits per heavy atom. The average molecular weight is 290 g/mol. The Morgan fingerprint density at radius 1 is 1.19 bits per heavy atom. The van der Waals surface area contributed by atoms with E-state index in [0.717, 1.165) is 45.9 Å². The van der Waals surface area contributed by atoms with Gasteiger partial charge in [-0.05, 0) is 18.0 Å². The molecule has 0 aromatic heterocycles. The van der Waals surface area contributed by atoms with Crippen molar-refractivity contribution in [1.29, 1.82) is 0 Å². The van der Waals surface area contributed by atoms with Crippen LogP contribution in [0.5, 0.6) is 0 Å². The average Bonchev–Trinajstić information content (AvgIpc) is 2.49. The highest BCUT2D eigenvalue weighted by atomic mass is 16.5. The van der Waals surface area contributed by atoms with E-state index in [1.807, 2.05) is 0 Å². The minimum absolute atomic E-state index is 0.146. The minimum atomic E-state index is 0.146. The zero-order valence-corrected chi connectivity index (χ0v) is 13.8. The van der Waals surface area contributed by atoms with Crippen LogP contribution in [0.1, 0.15) is 26.3 Å². The van der Waals surface area contributed by atoms with E-state index in [-0.39, 0.29) is 5.41 Å². The molecule has 1 aromatic carbocycles. The maximum absolute atomic E-state index is 5.48. The van der Waals surface area contributed by atoms with Crippen LogP contribution < -0.4 is 5.32 Å². The zero-order valence-electron chi connectivity index (χ0n) is 13.8. The van der Waals surface area contributed by atoms with E-state index in [0.29, 0.717) is 5.92 Å². The Labute approximate surface area is 129 Å². The maximum Gasteiger partial charge on any atom is 0.0594 e. The fraction of sp³-hybridized carbons (Fsp3) is 0.667. The van der Waals surface area contributed by atoms with Crippen LogP contribution in [0.15, 0.2) is 30.3 Å². The Bertz CT molecular complexity index is 401. The molecule has 118 valence electrons. The van der Waals surface area contributed by atoms with E-state index < -0.39 is 0 Å². The summed E-state index contributed by atoms with van der Waals surface area (Å²) in [4.78, 5) is 2.54. The molecule has 0 saturated carbocycles. The van der Waals surface area contributed by atoms with Gasteiger partial charge in [-0.15, -0.1) is 0 Å². The van der Waals surface area contributed by atoms with Gasteiger partial charge in [0.05, 0.1) is 13.2 Å². The summed E-state index contributed by atoms with van der Waals surface area (Å²) in [6.45, 7) is 13.9. The van der Waals surface area contributed by atoms with Gasteiger partial charge in [0.1, 0.15) is 0 Å². The Balaban J connectivity index is 2.05. The van der Waals surface area contributed by atoms with E-state index in [9.17, 15) is 0 Å². The second kappa shape index (κ2) is 7.92. The highest BCUT2D eigenvalue weighted by Crippen LogP contribution is 2.25. The predicted molar refractivity (Wildman–Crippen MR) is 88.8 cm³/mol. The molecule has 0 aliphatic carbocycles. The molecule has 1 aliphatic heterocycles. The molecule has 1 aliphatic rings. The number of hydrogen-bond donors (Lipinski definition) is 1. The zero-order chi connectivity index (χ0) is 15.1. The molecule has 1 heterocycles. The number of ether oxygens (including phenoxy) is 1. The van der Waals surface area contributed by atoms with Gasteiger partial charge in [-0.25, -0.2) is 0 Å². The molecule has 2 rings (SSSR count). The fourth-order valence-corrected chi connectivity index (χ4v) is 2.98. The van der Waals surface area contributed by atoms with Gasteiger partial charge >= 0.3 is 0 Å². The molecule has 3 nitrogen and oxygen atoms in total. The van der Waals surface area contributed by atoms with E-state index in [4.69, 9.17) is 4.74 Å². The van der Waals surface area contributed by atoms with Crippen molar-refractivity contribution >= 4 is 0 Å². The lowest BCUT2D eigenvalue weighted by Crippen LogP contribution is -2.49. The molecule has 0 radical (unpaired) electrons. The summed E-state index contributed by atoms with van der Waals surface area (Å²) in [6.07, 6.45) is 0. The first-order chi connectivity index (χ1) is 10.1. The summed E-state index contributed by atoms with van der Waals surface area (Å²) in [5.41, 5.74) is 1.57. The van der Waals surface area contributed by atoms with Crippen LogP contribution in [0.4, 0.5) is 0 Å². The SMILES string of the molecule is CC(C)CNCC(C)(CN1CCOCC1)c1ccccc1. The normalized spacial score (nSPS) is 19.6. The van der Waals surface area contributed by atoms with E-state index in [1.165, 1.54) is 5.56 Å². The third kappa shape index (κ3) is 5.10. The number of nitrogens with one attached hydrogen (secondary N) is 1. The van der Waals surface area contributed by atoms with Gasteiger partial charge in [-0.2, -0.15) is 0 Å². The molecule has 21 heavy (non-hydrogen) atoms. The molecule has 0 bridgehead atoms. The summed E-state index contributed by atoms with van der Waals surface area (Å²) in [6, 6.07) is 10.9. The first-order valence-electron chi connectivity index (χ1n) is 8.16. The standard InChI is InChI=1S/C18H30N2O/c1-16(2)13-19-14-18(3,17-7-5-4-6-8-17)15-20-9-11-21-12-10-20/h4-8,16,19H,9-15H2,1-3H3. The number of rotatable bonds is 7. The first kappa shape index (κ1) is 16.5.